The average Bonchev–Trinajstić information content (AvgIpc) is 2.03. The molecule has 0 amide bonds. The van der Waals surface area contributed by atoms with Crippen molar-refractivity contribution in [2.75, 3.05) is 7.11 Å². The standard InChI is InChI=1S/C7H8O5S.Ca.2H/c1-12-7-4-5(13(9,10)11)2-3-6(7)8;;;/h2-4,8H,1H3,(H,9,10,11);;;. The molecule has 5 nitrogen and oxygen atoms in total. The molecule has 0 saturated carbocycles. The van der Waals surface area contributed by atoms with Crippen LogP contribution in [-0.2, 0) is 10.1 Å². The van der Waals surface area contributed by atoms with Crippen LogP contribution in [0.5, 0.6) is 11.5 Å². The van der Waals surface area contributed by atoms with Crippen molar-refractivity contribution in [1.82, 2.24) is 0 Å². The van der Waals surface area contributed by atoms with E-state index in [1.54, 1.807) is 0 Å². The fraction of sp³-hybridized carbons (Fsp3) is 0.143. The maximum absolute atomic E-state index is 10.6. The summed E-state index contributed by atoms with van der Waals surface area (Å²) in [6.07, 6.45) is 0. The predicted octanol–water partition coefficient (Wildman–Crippen LogP) is -0.269. The van der Waals surface area contributed by atoms with Crippen LogP contribution in [0.2, 0.25) is 0 Å². The minimum absolute atomic E-state index is 0. The average molecular weight is 246 g/mol. The fourth-order valence-electron chi connectivity index (χ4n) is 0.818. The second kappa shape index (κ2) is 5.18. The van der Waals surface area contributed by atoms with Gasteiger partial charge in [0.25, 0.3) is 10.1 Å². The fourth-order valence-corrected chi connectivity index (χ4v) is 1.31. The summed E-state index contributed by atoms with van der Waals surface area (Å²) in [5, 5.41) is 9.10. The summed E-state index contributed by atoms with van der Waals surface area (Å²) in [6, 6.07) is 3.24. The third-order valence-electron chi connectivity index (χ3n) is 1.45. The zero-order valence-electron chi connectivity index (χ0n) is 6.76. The third-order valence-corrected chi connectivity index (χ3v) is 2.30. The van der Waals surface area contributed by atoms with E-state index < -0.39 is 10.1 Å². The minimum atomic E-state index is -4.24. The zero-order chi connectivity index (χ0) is 10.1. The summed E-state index contributed by atoms with van der Waals surface area (Å²) >= 11 is 0. The van der Waals surface area contributed by atoms with Gasteiger partial charge in [0, 0.05) is 6.07 Å². The molecule has 0 unspecified atom stereocenters. The summed E-state index contributed by atoms with van der Waals surface area (Å²) < 4.78 is 34.6. The zero-order valence-corrected chi connectivity index (χ0v) is 7.58. The number of phenolic OH excluding ortho intramolecular Hbond substituents is 1. The van der Waals surface area contributed by atoms with E-state index in [0.717, 1.165) is 18.2 Å². The number of rotatable bonds is 2. The van der Waals surface area contributed by atoms with Gasteiger partial charge in [-0.15, -0.1) is 0 Å². The molecule has 0 radical (unpaired) electrons. The van der Waals surface area contributed by atoms with Crippen LogP contribution < -0.4 is 4.74 Å². The summed E-state index contributed by atoms with van der Waals surface area (Å²) in [6.45, 7) is 0. The van der Waals surface area contributed by atoms with Crippen LogP contribution in [0.4, 0.5) is 0 Å². The van der Waals surface area contributed by atoms with Gasteiger partial charge in [-0.2, -0.15) is 8.42 Å². The number of hydrogen-bond donors (Lipinski definition) is 2. The summed E-state index contributed by atoms with van der Waals surface area (Å²) in [7, 11) is -2.96. The maximum atomic E-state index is 10.6. The van der Waals surface area contributed by atoms with Crippen LogP contribution in [0.1, 0.15) is 0 Å². The van der Waals surface area contributed by atoms with Gasteiger partial charge in [-0.05, 0) is 12.1 Å². The molecule has 0 saturated heterocycles. The van der Waals surface area contributed by atoms with Crippen LogP contribution >= 0.6 is 0 Å². The Kier molecular flexibility index (Phi) is 5.17. The second-order valence-electron chi connectivity index (χ2n) is 2.31. The van der Waals surface area contributed by atoms with Crippen molar-refractivity contribution in [3.63, 3.8) is 0 Å². The van der Waals surface area contributed by atoms with E-state index >= 15 is 0 Å². The predicted molar refractivity (Wildman–Crippen MR) is 53.0 cm³/mol. The van der Waals surface area contributed by atoms with Gasteiger partial charge in [-0.1, -0.05) is 0 Å². The quantitative estimate of drug-likeness (QED) is 0.554. The van der Waals surface area contributed by atoms with Crippen LogP contribution in [0, 0.1) is 0 Å². The van der Waals surface area contributed by atoms with E-state index in [1.807, 2.05) is 0 Å². The molecule has 0 aliphatic heterocycles. The number of benzene rings is 1. The summed E-state index contributed by atoms with van der Waals surface area (Å²) in [4.78, 5) is -0.317. The Labute approximate surface area is 111 Å². The first-order chi connectivity index (χ1) is 5.95. The molecule has 0 bridgehead atoms. The van der Waals surface area contributed by atoms with E-state index in [9.17, 15) is 8.42 Å². The van der Waals surface area contributed by atoms with E-state index in [4.69, 9.17) is 9.66 Å². The third kappa shape index (κ3) is 3.29. The van der Waals surface area contributed by atoms with Crippen molar-refractivity contribution >= 4 is 47.9 Å². The molecule has 0 fully saturated rings. The van der Waals surface area contributed by atoms with E-state index in [1.165, 1.54) is 7.11 Å². The van der Waals surface area contributed by atoms with Crippen molar-refractivity contribution in [3.8, 4) is 11.5 Å². The number of hydrogen-bond acceptors (Lipinski definition) is 4. The van der Waals surface area contributed by atoms with E-state index in [-0.39, 0.29) is 54.1 Å². The molecule has 0 aliphatic rings. The van der Waals surface area contributed by atoms with Crippen LogP contribution in [0.25, 0.3) is 0 Å². The van der Waals surface area contributed by atoms with Gasteiger partial charge < -0.3 is 9.84 Å². The topological polar surface area (TPSA) is 83.8 Å². The monoisotopic (exact) mass is 246 g/mol. The van der Waals surface area contributed by atoms with Gasteiger partial charge in [0.1, 0.15) is 0 Å². The van der Waals surface area contributed by atoms with Gasteiger partial charge in [0.05, 0.1) is 12.0 Å². The summed E-state index contributed by atoms with van der Waals surface area (Å²) in [5.74, 6) is -0.190. The Morgan fingerprint density at radius 2 is 1.93 bits per heavy atom. The van der Waals surface area contributed by atoms with Crippen LogP contribution in [-0.4, -0.2) is 62.9 Å². The van der Waals surface area contributed by atoms with Gasteiger partial charge >= 0.3 is 37.7 Å². The Morgan fingerprint density at radius 1 is 1.36 bits per heavy atom. The molecule has 0 spiro atoms. The Morgan fingerprint density at radius 3 is 2.36 bits per heavy atom. The number of aromatic hydroxyl groups is 1. The van der Waals surface area contributed by atoms with Gasteiger partial charge in [0.2, 0.25) is 0 Å². The molecular formula is C7H10CaO5S. The van der Waals surface area contributed by atoms with Gasteiger partial charge in [-0.25, -0.2) is 0 Å². The molecule has 14 heavy (non-hydrogen) atoms. The molecular weight excluding hydrogens is 236 g/mol. The molecule has 0 heterocycles. The first-order valence-corrected chi connectivity index (χ1v) is 4.73. The van der Waals surface area contributed by atoms with Crippen molar-refractivity contribution < 1.29 is 22.8 Å². The number of ether oxygens (including phenoxy) is 1. The SMILES string of the molecule is COc1cc(S(=O)(=O)O)ccc1O.[CaH2]. The van der Waals surface area contributed by atoms with E-state index in [0.29, 0.717) is 0 Å². The Balaban J connectivity index is 0.00000169. The Hall–Kier alpha value is -0.0103. The van der Waals surface area contributed by atoms with Gasteiger partial charge in [-0.3, -0.25) is 4.55 Å². The molecule has 7 heteroatoms. The number of methoxy groups -OCH3 is 1. The van der Waals surface area contributed by atoms with Crippen LogP contribution in [0.3, 0.4) is 0 Å². The van der Waals surface area contributed by atoms with Crippen molar-refractivity contribution in [1.29, 1.82) is 0 Å². The van der Waals surface area contributed by atoms with Crippen molar-refractivity contribution in [2.24, 2.45) is 0 Å². The summed E-state index contributed by atoms with van der Waals surface area (Å²) in [5.41, 5.74) is 0. The molecule has 0 aliphatic carbocycles. The molecule has 2 N–H and O–H groups in total. The molecule has 0 atom stereocenters. The molecule has 1 rings (SSSR count). The van der Waals surface area contributed by atoms with E-state index in [2.05, 4.69) is 4.74 Å². The first kappa shape index (κ1) is 14.0. The van der Waals surface area contributed by atoms with Gasteiger partial charge in [0.15, 0.2) is 11.5 Å². The molecule has 0 aromatic heterocycles. The Bertz CT molecular complexity index is 414. The normalized spacial score (nSPS) is 10.4. The van der Waals surface area contributed by atoms with Crippen molar-refractivity contribution in [2.45, 2.75) is 4.90 Å². The second-order valence-corrected chi connectivity index (χ2v) is 3.73. The molecule has 1 aromatic rings. The van der Waals surface area contributed by atoms with Crippen LogP contribution in [0.15, 0.2) is 23.1 Å². The number of phenols is 1. The van der Waals surface area contributed by atoms with Crippen molar-refractivity contribution in [3.05, 3.63) is 18.2 Å². The first-order valence-electron chi connectivity index (χ1n) is 3.29. The molecule has 76 valence electrons. The molecule has 1 aromatic carbocycles.